The second-order valence-corrected chi connectivity index (χ2v) is 3.51. The minimum Gasteiger partial charge on any atom is -0.475 e. The van der Waals surface area contributed by atoms with E-state index in [2.05, 4.69) is 4.98 Å². The first-order chi connectivity index (χ1) is 7.68. The summed E-state index contributed by atoms with van der Waals surface area (Å²) < 4.78 is 4.91. The Hall–Kier alpha value is -2.17. The summed E-state index contributed by atoms with van der Waals surface area (Å²) >= 11 is 0. The number of carboxylic acids is 1. The van der Waals surface area contributed by atoms with Crippen molar-refractivity contribution in [2.75, 3.05) is 11.9 Å². The largest absolute Gasteiger partial charge is 0.475 e. The maximum Gasteiger partial charge on any atom is 0.372 e. The van der Waals surface area contributed by atoms with Crippen molar-refractivity contribution >= 4 is 11.7 Å². The van der Waals surface area contributed by atoms with Gasteiger partial charge >= 0.3 is 5.97 Å². The highest BCUT2D eigenvalue weighted by atomic mass is 16.4. The summed E-state index contributed by atoms with van der Waals surface area (Å²) in [6.45, 7) is 0.496. The quantitative estimate of drug-likeness (QED) is 0.826. The molecule has 2 aromatic heterocycles. The molecule has 2 aromatic rings. The van der Waals surface area contributed by atoms with Crippen molar-refractivity contribution in [1.29, 1.82) is 0 Å². The molecule has 0 bridgehead atoms. The number of aromatic nitrogens is 1. The Morgan fingerprint density at radius 3 is 3.00 bits per heavy atom. The van der Waals surface area contributed by atoms with Gasteiger partial charge in [0.25, 0.3) is 0 Å². The van der Waals surface area contributed by atoms with Crippen LogP contribution in [0.2, 0.25) is 0 Å². The fraction of sp³-hybridized carbons (Fsp3) is 0.182. The molecule has 0 aliphatic rings. The molecule has 0 spiro atoms. The number of anilines is 1. The molecular formula is C11H12N2O3. The van der Waals surface area contributed by atoms with Gasteiger partial charge in [0.1, 0.15) is 0 Å². The van der Waals surface area contributed by atoms with Crippen molar-refractivity contribution in [3.63, 3.8) is 0 Å². The summed E-state index contributed by atoms with van der Waals surface area (Å²) in [6.07, 6.45) is 5.06. The number of furan rings is 1. The van der Waals surface area contributed by atoms with E-state index in [9.17, 15) is 4.79 Å². The molecule has 0 saturated carbocycles. The fourth-order valence-electron chi connectivity index (χ4n) is 1.55. The predicted octanol–water partition coefficient (Wildman–Crippen LogP) is 1.94. The van der Waals surface area contributed by atoms with E-state index >= 15 is 0 Å². The first kappa shape index (κ1) is 10.4. The van der Waals surface area contributed by atoms with Gasteiger partial charge in [-0.2, -0.15) is 0 Å². The van der Waals surface area contributed by atoms with E-state index in [0.29, 0.717) is 12.1 Å². The number of nitrogens with one attached hydrogen (secondary N) is 1. The average molecular weight is 220 g/mol. The third-order valence-corrected chi connectivity index (χ3v) is 2.37. The Bertz CT molecular complexity index is 473. The lowest BCUT2D eigenvalue weighted by Crippen LogP contribution is -2.16. The van der Waals surface area contributed by atoms with Crippen molar-refractivity contribution in [2.24, 2.45) is 0 Å². The summed E-state index contributed by atoms with van der Waals surface area (Å²) in [4.78, 5) is 15.7. The summed E-state index contributed by atoms with van der Waals surface area (Å²) in [5.41, 5.74) is 1.66. The van der Waals surface area contributed by atoms with Gasteiger partial charge in [0.05, 0.1) is 12.0 Å². The van der Waals surface area contributed by atoms with Gasteiger partial charge in [0, 0.05) is 31.5 Å². The van der Waals surface area contributed by atoms with Crippen LogP contribution in [-0.2, 0) is 6.54 Å². The van der Waals surface area contributed by atoms with Gasteiger partial charge in [-0.3, -0.25) is 0 Å². The van der Waals surface area contributed by atoms with Crippen LogP contribution in [-0.4, -0.2) is 23.1 Å². The van der Waals surface area contributed by atoms with Crippen LogP contribution in [0.3, 0.4) is 0 Å². The van der Waals surface area contributed by atoms with Gasteiger partial charge in [-0.25, -0.2) is 4.79 Å². The number of H-pyrrole nitrogens is 1. The molecule has 0 fully saturated rings. The fourth-order valence-corrected chi connectivity index (χ4v) is 1.55. The van der Waals surface area contributed by atoms with Gasteiger partial charge < -0.3 is 19.4 Å². The molecule has 2 heterocycles. The number of carboxylic acid groups (broad SMARTS) is 1. The molecule has 2 rings (SSSR count). The molecule has 16 heavy (non-hydrogen) atoms. The predicted molar refractivity (Wildman–Crippen MR) is 58.6 cm³/mol. The molecule has 0 atom stereocenters. The lowest BCUT2D eigenvalue weighted by Gasteiger charge is -2.16. The lowest BCUT2D eigenvalue weighted by atomic mass is 10.2. The molecule has 0 radical (unpaired) electrons. The Labute approximate surface area is 92.3 Å². The van der Waals surface area contributed by atoms with Crippen LogP contribution in [0, 0.1) is 0 Å². The van der Waals surface area contributed by atoms with Gasteiger partial charge in [-0.15, -0.1) is 0 Å². The first-order valence-corrected chi connectivity index (χ1v) is 4.82. The summed E-state index contributed by atoms with van der Waals surface area (Å²) in [5.74, 6) is -1.04. The van der Waals surface area contributed by atoms with Crippen LogP contribution in [0.25, 0.3) is 0 Å². The van der Waals surface area contributed by atoms with Gasteiger partial charge in [-0.1, -0.05) is 0 Å². The molecule has 84 valence electrons. The number of aromatic amines is 1. The topological polar surface area (TPSA) is 69.5 Å². The van der Waals surface area contributed by atoms with E-state index in [1.807, 2.05) is 30.4 Å². The maximum atomic E-state index is 10.8. The highest BCUT2D eigenvalue weighted by molar-refractivity contribution is 5.86. The van der Waals surface area contributed by atoms with Gasteiger partial charge in [0.2, 0.25) is 5.76 Å². The van der Waals surface area contributed by atoms with E-state index in [1.165, 1.54) is 6.26 Å². The third kappa shape index (κ3) is 1.93. The van der Waals surface area contributed by atoms with E-state index in [1.54, 1.807) is 6.07 Å². The zero-order chi connectivity index (χ0) is 11.5. The summed E-state index contributed by atoms with van der Waals surface area (Å²) in [5, 5.41) is 8.88. The van der Waals surface area contributed by atoms with E-state index in [4.69, 9.17) is 9.52 Å². The Morgan fingerprint density at radius 1 is 1.56 bits per heavy atom. The third-order valence-electron chi connectivity index (χ3n) is 2.37. The Morgan fingerprint density at radius 2 is 2.38 bits per heavy atom. The monoisotopic (exact) mass is 220 g/mol. The number of carbonyl (C=O) groups is 1. The number of nitrogens with zero attached hydrogens (tertiary/aromatic N) is 1. The molecule has 5 nitrogen and oxygen atoms in total. The second-order valence-electron chi connectivity index (χ2n) is 3.51. The SMILES string of the molecule is CN(Cc1ccoc1C(=O)O)c1cc[nH]c1. The molecular weight excluding hydrogens is 208 g/mol. The molecule has 0 amide bonds. The molecule has 0 aliphatic carbocycles. The van der Waals surface area contributed by atoms with Crippen molar-refractivity contribution in [1.82, 2.24) is 4.98 Å². The smallest absolute Gasteiger partial charge is 0.372 e. The van der Waals surface area contributed by atoms with Crippen LogP contribution in [0.1, 0.15) is 16.1 Å². The highest BCUT2D eigenvalue weighted by Gasteiger charge is 2.15. The zero-order valence-electron chi connectivity index (χ0n) is 8.80. The number of hydrogen-bond donors (Lipinski definition) is 2. The van der Waals surface area contributed by atoms with Crippen molar-refractivity contribution < 1.29 is 14.3 Å². The molecule has 0 unspecified atom stereocenters. The van der Waals surface area contributed by atoms with Crippen LogP contribution in [0.15, 0.2) is 35.2 Å². The van der Waals surface area contributed by atoms with E-state index in [0.717, 1.165) is 5.69 Å². The van der Waals surface area contributed by atoms with Crippen molar-refractivity contribution in [2.45, 2.75) is 6.54 Å². The number of aromatic carboxylic acids is 1. The van der Waals surface area contributed by atoms with Crippen LogP contribution in [0.5, 0.6) is 0 Å². The molecule has 2 N–H and O–H groups in total. The lowest BCUT2D eigenvalue weighted by molar-refractivity contribution is 0.0661. The minimum absolute atomic E-state index is 0.00221. The van der Waals surface area contributed by atoms with Gasteiger partial charge in [0.15, 0.2) is 0 Å². The first-order valence-electron chi connectivity index (χ1n) is 4.82. The molecule has 0 saturated heterocycles. The minimum atomic E-state index is -1.04. The highest BCUT2D eigenvalue weighted by Crippen LogP contribution is 2.17. The standard InChI is InChI=1S/C11H12N2O3/c1-13(9-2-4-12-6-9)7-8-3-5-16-10(8)11(14)15/h2-6,12H,7H2,1H3,(H,14,15). The normalized spacial score (nSPS) is 10.3. The van der Waals surface area contributed by atoms with Gasteiger partial charge in [-0.05, 0) is 12.1 Å². The summed E-state index contributed by atoms with van der Waals surface area (Å²) in [6, 6.07) is 3.59. The molecule has 0 aliphatic heterocycles. The molecule has 0 aromatic carbocycles. The van der Waals surface area contributed by atoms with Crippen LogP contribution in [0.4, 0.5) is 5.69 Å². The second kappa shape index (κ2) is 4.14. The number of rotatable bonds is 4. The number of hydrogen-bond acceptors (Lipinski definition) is 3. The van der Waals surface area contributed by atoms with Crippen molar-refractivity contribution in [3.8, 4) is 0 Å². The summed E-state index contributed by atoms with van der Waals surface area (Å²) in [7, 11) is 1.89. The van der Waals surface area contributed by atoms with Crippen LogP contribution >= 0.6 is 0 Å². The van der Waals surface area contributed by atoms with E-state index < -0.39 is 5.97 Å². The maximum absolute atomic E-state index is 10.8. The van der Waals surface area contributed by atoms with Crippen molar-refractivity contribution in [3.05, 3.63) is 42.1 Å². The average Bonchev–Trinajstić information content (AvgIpc) is 2.86. The van der Waals surface area contributed by atoms with E-state index in [-0.39, 0.29) is 5.76 Å². The van der Waals surface area contributed by atoms with Crippen LogP contribution < -0.4 is 4.90 Å². The zero-order valence-corrected chi connectivity index (χ0v) is 8.80. The molecule has 5 heteroatoms. The Balaban J connectivity index is 2.15. The Kier molecular flexibility index (Phi) is 2.68.